The van der Waals surface area contributed by atoms with Crippen LogP contribution in [0.5, 0.6) is 11.5 Å². The second-order valence-electron chi connectivity index (χ2n) is 8.51. The molecule has 2 unspecified atom stereocenters. The average molecular weight is 549 g/mol. The van der Waals surface area contributed by atoms with Gasteiger partial charge in [-0.05, 0) is 73.5 Å². The second-order valence-corrected chi connectivity index (χ2v) is 9.33. The Labute approximate surface area is 231 Å². The molecule has 6 nitrogen and oxygen atoms in total. The number of nitrogens with one attached hydrogen (secondary N) is 2. The van der Waals surface area contributed by atoms with Crippen LogP contribution < -0.4 is 20.1 Å². The largest absolute Gasteiger partial charge is 0.481 e. The fourth-order valence-corrected chi connectivity index (χ4v) is 4.03. The van der Waals surface area contributed by atoms with Crippen LogP contribution in [0, 0.1) is 0 Å². The Morgan fingerprint density at radius 1 is 0.605 bits per heavy atom. The smallest absolute Gasteiger partial charge is 0.265 e. The number of anilines is 2. The van der Waals surface area contributed by atoms with Gasteiger partial charge in [0, 0.05) is 0 Å². The molecule has 194 valence electrons. The lowest BCUT2D eigenvalue weighted by Crippen LogP contribution is -2.30. The van der Waals surface area contributed by atoms with Crippen molar-refractivity contribution in [3.63, 3.8) is 0 Å². The van der Waals surface area contributed by atoms with Crippen molar-refractivity contribution in [3.05, 3.63) is 107 Å². The predicted octanol–water partition coefficient (Wildman–Crippen LogP) is 7.47. The van der Waals surface area contributed by atoms with E-state index in [4.69, 9.17) is 32.7 Å². The maximum absolute atomic E-state index is 12.6. The van der Waals surface area contributed by atoms with Crippen LogP contribution >= 0.6 is 23.2 Å². The maximum atomic E-state index is 12.6. The molecule has 0 spiro atoms. The quantitative estimate of drug-likeness (QED) is 0.227. The number of carbonyl (C=O) groups is 2. The summed E-state index contributed by atoms with van der Waals surface area (Å²) in [5, 5.41) is 6.32. The van der Waals surface area contributed by atoms with Crippen LogP contribution in [0.25, 0.3) is 11.1 Å². The monoisotopic (exact) mass is 548 g/mol. The predicted molar refractivity (Wildman–Crippen MR) is 152 cm³/mol. The SMILES string of the molecule is CC(Oc1ccccc1)C(=O)Nc1ccc(-c2ccc(NC(=O)C(C)Oc3ccccc3)c(Cl)c2)cc1Cl. The molecule has 0 bridgehead atoms. The van der Waals surface area contributed by atoms with E-state index in [0.717, 1.165) is 11.1 Å². The lowest BCUT2D eigenvalue weighted by atomic mass is 10.0. The summed E-state index contributed by atoms with van der Waals surface area (Å²) < 4.78 is 11.3. The molecule has 0 aromatic heterocycles. The molecule has 0 heterocycles. The van der Waals surface area contributed by atoms with E-state index < -0.39 is 12.2 Å². The van der Waals surface area contributed by atoms with Crippen molar-refractivity contribution in [2.75, 3.05) is 10.6 Å². The highest BCUT2D eigenvalue weighted by molar-refractivity contribution is 6.34. The summed E-state index contributed by atoms with van der Waals surface area (Å²) >= 11 is 12.9. The molecular formula is C30H26Cl2N2O4. The first-order chi connectivity index (χ1) is 18.3. The van der Waals surface area contributed by atoms with Crippen LogP contribution in [-0.4, -0.2) is 24.0 Å². The van der Waals surface area contributed by atoms with Gasteiger partial charge in [0.05, 0.1) is 21.4 Å². The first kappa shape index (κ1) is 27.0. The van der Waals surface area contributed by atoms with Gasteiger partial charge in [-0.2, -0.15) is 0 Å². The fraction of sp³-hybridized carbons (Fsp3) is 0.133. The molecule has 0 saturated carbocycles. The van der Waals surface area contributed by atoms with Crippen molar-refractivity contribution in [1.82, 2.24) is 0 Å². The van der Waals surface area contributed by atoms with Crippen molar-refractivity contribution < 1.29 is 19.1 Å². The van der Waals surface area contributed by atoms with Crippen LogP contribution in [0.3, 0.4) is 0 Å². The Morgan fingerprint density at radius 2 is 0.974 bits per heavy atom. The van der Waals surface area contributed by atoms with Gasteiger partial charge in [0.2, 0.25) is 0 Å². The number of carbonyl (C=O) groups excluding carboxylic acids is 2. The van der Waals surface area contributed by atoms with Gasteiger partial charge in [0.1, 0.15) is 11.5 Å². The first-order valence-corrected chi connectivity index (χ1v) is 12.7. The molecule has 0 saturated heterocycles. The Balaban J connectivity index is 1.39. The number of para-hydroxylation sites is 2. The fourth-order valence-electron chi connectivity index (χ4n) is 3.57. The number of hydrogen-bond acceptors (Lipinski definition) is 4. The maximum Gasteiger partial charge on any atom is 0.265 e. The minimum absolute atomic E-state index is 0.322. The van der Waals surface area contributed by atoms with Gasteiger partial charge in [-0.15, -0.1) is 0 Å². The summed E-state index contributed by atoms with van der Waals surface area (Å²) in [6.45, 7) is 3.34. The Kier molecular flexibility index (Phi) is 8.89. The van der Waals surface area contributed by atoms with Crippen molar-refractivity contribution >= 4 is 46.4 Å². The minimum atomic E-state index is -0.712. The molecule has 2 atom stereocenters. The molecule has 0 radical (unpaired) electrons. The number of ether oxygens (including phenoxy) is 2. The van der Waals surface area contributed by atoms with E-state index in [-0.39, 0.29) is 11.8 Å². The second kappa shape index (κ2) is 12.5. The minimum Gasteiger partial charge on any atom is -0.481 e. The standard InChI is InChI=1S/C30H26Cl2N2O4/c1-19(37-23-9-5-3-6-10-23)29(35)33-27-15-13-21(17-25(27)31)22-14-16-28(26(32)18-22)34-30(36)20(2)38-24-11-7-4-8-12-24/h3-20H,1-2H3,(H,33,35)(H,34,36). The summed E-state index contributed by atoms with van der Waals surface area (Å²) in [6, 6.07) is 28.8. The van der Waals surface area contributed by atoms with Gasteiger partial charge >= 0.3 is 0 Å². The summed E-state index contributed by atoms with van der Waals surface area (Å²) in [5.41, 5.74) is 2.52. The van der Waals surface area contributed by atoms with E-state index in [0.29, 0.717) is 32.9 Å². The van der Waals surface area contributed by atoms with Crippen LogP contribution in [0.2, 0.25) is 10.0 Å². The van der Waals surface area contributed by atoms with Crippen molar-refractivity contribution in [2.45, 2.75) is 26.1 Å². The highest BCUT2D eigenvalue weighted by Crippen LogP contribution is 2.33. The zero-order valence-corrected chi connectivity index (χ0v) is 22.3. The number of benzene rings is 4. The molecule has 0 fully saturated rings. The highest BCUT2D eigenvalue weighted by atomic mass is 35.5. The number of rotatable bonds is 9. The first-order valence-electron chi connectivity index (χ1n) is 11.9. The van der Waals surface area contributed by atoms with E-state index >= 15 is 0 Å². The molecule has 2 N–H and O–H groups in total. The van der Waals surface area contributed by atoms with Crippen molar-refractivity contribution in [3.8, 4) is 22.6 Å². The Morgan fingerprint density at radius 3 is 1.32 bits per heavy atom. The van der Waals surface area contributed by atoms with Gasteiger partial charge < -0.3 is 20.1 Å². The Bertz CT molecular complexity index is 1310. The van der Waals surface area contributed by atoms with E-state index in [2.05, 4.69) is 10.6 Å². The molecule has 0 aliphatic carbocycles. The molecule has 8 heteroatoms. The molecule has 38 heavy (non-hydrogen) atoms. The van der Waals surface area contributed by atoms with Crippen LogP contribution in [-0.2, 0) is 9.59 Å². The molecular weight excluding hydrogens is 523 g/mol. The number of hydrogen-bond donors (Lipinski definition) is 2. The third kappa shape index (κ3) is 7.06. The van der Waals surface area contributed by atoms with Crippen LogP contribution in [0.1, 0.15) is 13.8 Å². The highest BCUT2D eigenvalue weighted by Gasteiger charge is 2.18. The zero-order chi connectivity index (χ0) is 27.1. The molecule has 0 aliphatic heterocycles. The third-order valence-electron chi connectivity index (χ3n) is 5.64. The third-order valence-corrected chi connectivity index (χ3v) is 6.26. The lowest BCUT2D eigenvalue weighted by molar-refractivity contribution is -0.122. The molecule has 0 aliphatic rings. The molecule has 4 aromatic rings. The zero-order valence-electron chi connectivity index (χ0n) is 20.8. The summed E-state index contributed by atoms with van der Waals surface area (Å²) in [6.07, 6.45) is -1.42. The summed E-state index contributed by atoms with van der Waals surface area (Å²) in [5.74, 6) is 0.562. The van der Waals surface area contributed by atoms with Gasteiger partial charge in [-0.3, -0.25) is 9.59 Å². The summed E-state index contributed by atoms with van der Waals surface area (Å²) in [7, 11) is 0. The molecule has 2 amide bonds. The topological polar surface area (TPSA) is 76.7 Å². The number of halogens is 2. The average Bonchev–Trinajstić information content (AvgIpc) is 2.92. The number of amides is 2. The normalized spacial score (nSPS) is 12.2. The van der Waals surface area contributed by atoms with Gasteiger partial charge in [-0.25, -0.2) is 0 Å². The van der Waals surface area contributed by atoms with Crippen molar-refractivity contribution in [1.29, 1.82) is 0 Å². The van der Waals surface area contributed by atoms with E-state index in [1.807, 2.05) is 48.5 Å². The van der Waals surface area contributed by atoms with Gasteiger partial charge in [-0.1, -0.05) is 71.7 Å². The Hall–Kier alpha value is -4.00. The lowest BCUT2D eigenvalue weighted by Gasteiger charge is -2.16. The van der Waals surface area contributed by atoms with E-state index in [1.165, 1.54) is 0 Å². The van der Waals surface area contributed by atoms with E-state index in [9.17, 15) is 9.59 Å². The molecule has 4 rings (SSSR count). The molecule has 4 aromatic carbocycles. The van der Waals surface area contributed by atoms with Gasteiger partial charge in [0.25, 0.3) is 11.8 Å². The van der Waals surface area contributed by atoms with E-state index in [1.54, 1.807) is 62.4 Å². The van der Waals surface area contributed by atoms with Crippen LogP contribution in [0.15, 0.2) is 97.1 Å². The van der Waals surface area contributed by atoms with Gasteiger partial charge in [0.15, 0.2) is 12.2 Å². The van der Waals surface area contributed by atoms with Crippen LogP contribution in [0.4, 0.5) is 11.4 Å². The van der Waals surface area contributed by atoms with Crippen molar-refractivity contribution in [2.24, 2.45) is 0 Å². The summed E-state index contributed by atoms with van der Waals surface area (Å²) in [4.78, 5) is 25.2.